The summed E-state index contributed by atoms with van der Waals surface area (Å²) in [4.78, 5) is 13.0. The number of aromatic nitrogens is 2. The largest absolute Gasteiger partial charge is 0.493 e. The number of benzene rings is 2. The molecule has 0 aliphatic heterocycles. The second kappa shape index (κ2) is 11.6. The van der Waals surface area contributed by atoms with E-state index >= 15 is 4.39 Å². The van der Waals surface area contributed by atoms with Crippen molar-refractivity contribution in [3.63, 3.8) is 0 Å². The fourth-order valence-corrected chi connectivity index (χ4v) is 2.99. The summed E-state index contributed by atoms with van der Waals surface area (Å²) in [5.74, 6) is -1.44. The fraction of sp³-hybridized carbons (Fsp3) is 0.261. The molecule has 0 bridgehead atoms. The predicted octanol–water partition coefficient (Wildman–Crippen LogP) is 4.88. The van der Waals surface area contributed by atoms with Gasteiger partial charge in [0, 0.05) is 29.9 Å². The molecule has 9 heteroatoms. The number of carbonyl (C=O) groups excluding carboxylic acids is 1. The summed E-state index contributed by atoms with van der Waals surface area (Å²) in [7, 11) is 1.31. The molecule has 0 fully saturated rings. The Hall–Kier alpha value is -3.75. The lowest BCUT2D eigenvalue weighted by Gasteiger charge is -2.27. The number of carbonyl (C=O) groups is 1. The molecule has 2 aromatic carbocycles. The Morgan fingerprint density at radius 2 is 1.88 bits per heavy atom. The van der Waals surface area contributed by atoms with Gasteiger partial charge in [0.2, 0.25) is 18.1 Å². The fourth-order valence-electron chi connectivity index (χ4n) is 2.99. The highest BCUT2D eigenvalue weighted by atomic mass is 19.1. The van der Waals surface area contributed by atoms with E-state index in [1.807, 2.05) is 13.8 Å². The van der Waals surface area contributed by atoms with Crippen LogP contribution in [0.15, 0.2) is 48.7 Å². The highest BCUT2D eigenvalue weighted by molar-refractivity contribution is 5.53. The van der Waals surface area contributed by atoms with Gasteiger partial charge in [-0.25, -0.2) is 4.39 Å². The van der Waals surface area contributed by atoms with Crippen LogP contribution in [0.4, 0.5) is 14.5 Å². The van der Waals surface area contributed by atoms with Crippen molar-refractivity contribution in [1.29, 1.82) is 0 Å². The second-order valence-corrected chi connectivity index (χ2v) is 6.44. The lowest BCUT2D eigenvalue weighted by Crippen LogP contribution is -2.26. The molecule has 2 N–H and O–H groups in total. The molecule has 0 saturated carbocycles. The average Bonchev–Trinajstić information content (AvgIpc) is 2.82. The van der Waals surface area contributed by atoms with Crippen LogP contribution in [0.1, 0.15) is 37.9 Å². The Balaban J connectivity index is 0.00000176. The normalized spacial score (nSPS) is 11.1. The quantitative estimate of drug-likeness (QED) is 0.393. The van der Waals surface area contributed by atoms with E-state index in [9.17, 15) is 9.18 Å². The van der Waals surface area contributed by atoms with Gasteiger partial charge in [0.15, 0.2) is 17.3 Å². The first-order chi connectivity index (χ1) is 15.5. The van der Waals surface area contributed by atoms with Crippen LogP contribution in [0.5, 0.6) is 17.4 Å². The minimum Gasteiger partial charge on any atom is -0.493 e. The van der Waals surface area contributed by atoms with Gasteiger partial charge < -0.3 is 20.1 Å². The van der Waals surface area contributed by atoms with Crippen molar-refractivity contribution >= 4 is 12.1 Å². The first kappa shape index (κ1) is 24.5. The zero-order valence-electron chi connectivity index (χ0n) is 18.4. The summed E-state index contributed by atoms with van der Waals surface area (Å²) in [6, 6.07) is 10.0. The molecule has 32 heavy (non-hydrogen) atoms. The maximum Gasteiger partial charge on any atom is 0.238 e. The molecular weight excluding hydrogens is 418 g/mol. The molecule has 0 aliphatic carbocycles. The summed E-state index contributed by atoms with van der Waals surface area (Å²) in [6.07, 6.45) is 2.03. The van der Waals surface area contributed by atoms with Gasteiger partial charge in [-0.2, -0.15) is 9.49 Å². The minimum atomic E-state index is -0.756. The van der Waals surface area contributed by atoms with Crippen LogP contribution in [0, 0.1) is 11.6 Å². The number of nitrogens with two attached hydrogens (primary N) is 1. The van der Waals surface area contributed by atoms with E-state index in [4.69, 9.17) is 15.2 Å². The van der Waals surface area contributed by atoms with Crippen molar-refractivity contribution in [2.45, 2.75) is 33.4 Å². The molecule has 170 valence electrons. The van der Waals surface area contributed by atoms with Crippen LogP contribution in [0.2, 0.25) is 0 Å². The summed E-state index contributed by atoms with van der Waals surface area (Å²) in [6.45, 7) is 5.63. The van der Waals surface area contributed by atoms with Crippen LogP contribution in [0.3, 0.4) is 0 Å². The highest BCUT2D eigenvalue weighted by Gasteiger charge is 2.24. The number of amides is 1. The summed E-state index contributed by atoms with van der Waals surface area (Å²) < 4.78 is 39.9. The topological polar surface area (TPSA) is 90.6 Å². The number of rotatable bonds is 8. The lowest BCUT2D eigenvalue weighted by atomic mass is 10.0. The molecule has 3 rings (SSSR count). The Bertz CT molecular complexity index is 1040. The summed E-state index contributed by atoms with van der Waals surface area (Å²) in [5, 5.41) is 7.42. The van der Waals surface area contributed by atoms with Gasteiger partial charge in [-0.1, -0.05) is 26.0 Å². The molecule has 0 aliphatic rings. The predicted molar refractivity (Wildman–Crippen MR) is 117 cm³/mol. The zero-order valence-corrected chi connectivity index (χ0v) is 18.4. The molecule has 1 atom stereocenters. The van der Waals surface area contributed by atoms with E-state index < -0.39 is 17.7 Å². The minimum absolute atomic E-state index is 0.0138. The number of halogens is 2. The van der Waals surface area contributed by atoms with Gasteiger partial charge in [-0.3, -0.25) is 4.79 Å². The number of ether oxygens (including phenoxy) is 2. The molecule has 3 aromatic rings. The number of nitrogens with zero attached hydrogens (tertiary/aromatic N) is 3. The van der Waals surface area contributed by atoms with Crippen LogP contribution in [-0.4, -0.2) is 28.6 Å². The molecule has 1 aromatic heterocycles. The molecular formula is C23H26F2N4O3. The Labute approximate surface area is 185 Å². The highest BCUT2D eigenvalue weighted by Crippen LogP contribution is 2.37. The molecule has 0 spiro atoms. The van der Waals surface area contributed by atoms with Crippen molar-refractivity contribution in [2.75, 3.05) is 12.8 Å². The van der Waals surface area contributed by atoms with Gasteiger partial charge in [-0.15, -0.1) is 5.10 Å². The van der Waals surface area contributed by atoms with E-state index in [1.165, 1.54) is 42.5 Å². The SMILES string of the molecule is CC.COc1c(C(C)N(C=O)Cc2cccc(N)c2F)ccc(Oc2cccnn2)c1F. The summed E-state index contributed by atoms with van der Waals surface area (Å²) in [5.41, 5.74) is 6.22. The standard InChI is InChI=1S/C21H20F2N4O3.C2H6/c1-13(27(12-28)11-14-5-3-6-16(24)19(14)22)15-8-9-17(20(23)21(15)29-2)30-18-7-4-10-25-26-18;1-2/h3-10,12-13H,11,24H2,1-2H3;1-2H3. The van der Waals surface area contributed by atoms with Gasteiger partial charge in [-0.05, 0) is 31.2 Å². The molecule has 0 radical (unpaired) electrons. The van der Waals surface area contributed by atoms with Crippen LogP contribution >= 0.6 is 0 Å². The van der Waals surface area contributed by atoms with Crippen molar-refractivity contribution < 1.29 is 23.0 Å². The summed E-state index contributed by atoms with van der Waals surface area (Å²) >= 11 is 0. The van der Waals surface area contributed by atoms with Gasteiger partial charge in [0.1, 0.15) is 0 Å². The number of nitrogen functional groups attached to an aromatic ring is 1. The molecule has 1 amide bonds. The Morgan fingerprint density at radius 1 is 1.12 bits per heavy atom. The van der Waals surface area contributed by atoms with E-state index in [-0.39, 0.29) is 35.2 Å². The maximum atomic E-state index is 15.0. The Morgan fingerprint density at radius 3 is 2.50 bits per heavy atom. The molecule has 1 unspecified atom stereocenters. The first-order valence-electron chi connectivity index (χ1n) is 10.0. The zero-order chi connectivity index (χ0) is 23.7. The molecule has 7 nitrogen and oxygen atoms in total. The number of hydrogen-bond acceptors (Lipinski definition) is 6. The van der Waals surface area contributed by atoms with E-state index in [0.717, 1.165) is 0 Å². The van der Waals surface area contributed by atoms with E-state index in [0.29, 0.717) is 12.0 Å². The average molecular weight is 444 g/mol. The third-order valence-corrected chi connectivity index (χ3v) is 4.60. The monoisotopic (exact) mass is 444 g/mol. The smallest absolute Gasteiger partial charge is 0.238 e. The third-order valence-electron chi connectivity index (χ3n) is 4.60. The van der Waals surface area contributed by atoms with Crippen LogP contribution < -0.4 is 15.2 Å². The second-order valence-electron chi connectivity index (χ2n) is 6.44. The van der Waals surface area contributed by atoms with E-state index in [2.05, 4.69) is 10.2 Å². The Kier molecular flexibility index (Phi) is 8.88. The molecule has 0 saturated heterocycles. The van der Waals surface area contributed by atoms with Crippen LogP contribution in [0.25, 0.3) is 0 Å². The maximum absolute atomic E-state index is 15.0. The van der Waals surface area contributed by atoms with E-state index in [1.54, 1.807) is 25.1 Å². The van der Waals surface area contributed by atoms with Gasteiger partial charge in [0.05, 0.1) is 18.8 Å². The third kappa shape index (κ3) is 5.48. The van der Waals surface area contributed by atoms with Gasteiger partial charge >= 0.3 is 0 Å². The van der Waals surface area contributed by atoms with Gasteiger partial charge in [0.25, 0.3) is 0 Å². The molecule has 1 heterocycles. The van der Waals surface area contributed by atoms with Crippen molar-refractivity contribution in [3.8, 4) is 17.4 Å². The van der Waals surface area contributed by atoms with Crippen molar-refractivity contribution in [2.24, 2.45) is 0 Å². The lowest BCUT2D eigenvalue weighted by molar-refractivity contribution is -0.120. The first-order valence-corrected chi connectivity index (χ1v) is 10.0. The van der Waals surface area contributed by atoms with Crippen molar-refractivity contribution in [3.05, 3.63) is 71.4 Å². The van der Waals surface area contributed by atoms with Crippen LogP contribution in [-0.2, 0) is 11.3 Å². The number of methoxy groups -OCH3 is 1. The number of hydrogen-bond donors (Lipinski definition) is 1. The number of anilines is 1. The van der Waals surface area contributed by atoms with Crippen molar-refractivity contribution in [1.82, 2.24) is 15.1 Å².